The summed E-state index contributed by atoms with van der Waals surface area (Å²) in [7, 11) is 3.16. The van der Waals surface area contributed by atoms with Gasteiger partial charge in [-0.05, 0) is 35.9 Å². The number of hydrogen-bond acceptors (Lipinski definition) is 8. The third-order valence-electron chi connectivity index (χ3n) is 4.47. The first kappa shape index (κ1) is 22.0. The van der Waals surface area contributed by atoms with E-state index < -0.39 is 0 Å². The molecular formula is C20H17Cl2N3O4S2. The summed E-state index contributed by atoms with van der Waals surface area (Å²) in [4.78, 5) is 14.3. The molecule has 11 heteroatoms. The average molecular weight is 498 g/mol. The second kappa shape index (κ2) is 9.52. The summed E-state index contributed by atoms with van der Waals surface area (Å²) >= 11 is 14.9. The van der Waals surface area contributed by atoms with E-state index in [4.69, 9.17) is 37.4 Å². The average Bonchev–Trinajstić information content (AvgIpc) is 3.38. The van der Waals surface area contributed by atoms with Gasteiger partial charge in [0, 0.05) is 5.02 Å². The van der Waals surface area contributed by atoms with E-state index in [0.717, 1.165) is 5.56 Å². The highest BCUT2D eigenvalue weighted by atomic mass is 35.5. The maximum absolute atomic E-state index is 12.6. The van der Waals surface area contributed by atoms with E-state index in [1.54, 1.807) is 37.3 Å². The van der Waals surface area contributed by atoms with Gasteiger partial charge in [0.1, 0.15) is 17.7 Å². The fourth-order valence-corrected chi connectivity index (χ4v) is 5.49. The molecule has 1 saturated heterocycles. The first-order chi connectivity index (χ1) is 15.0. The molecule has 1 amide bonds. The molecular weight excluding hydrogens is 481 g/mol. The number of rotatable bonds is 7. The predicted molar refractivity (Wildman–Crippen MR) is 123 cm³/mol. The second-order valence-corrected chi connectivity index (χ2v) is 9.34. The van der Waals surface area contributed by atoms with Crippen LogP contribution in [-0.4, -0.2) is 36.1 Å². The number of carbonyl (C=O) groups is 1. The third kappa shape index (κ3) is 4.69. The minimum Gasteiger partial charge on any atom is -0.493 e. The van der Waals surface area contributed by atoms with E-state index in [-0.39, 0.29) is 17.9 Å². The van der Waals surface area contributed by atoms with Crippen LogP contribution in [0.15, 0.2) is 36.4 Å². The summed E-state index contributed by atoms with van der Waals surface area (Å²) < 4.78 is 16.4. The van der Waals surface area contributed by atoms with Gasteiger partial charge in [0.15, 0.2) is 16.5 Å². The topological polar surface area (TPSA) is 73.8 Å². The largest absolute Gasteiger partial charge is 0.493 e. The lowest BCUT2D eigenvalue weighted by Gasteiger charge is -2.21. The Balaban J connectivity index is 1.53. The molecule has 0 saturated carbocycles. The highest BCUT2D eigenvalue weighted by Crippen LogP contribution is 2.44. The number of thioether (sulfide) groups is 1. The number of hydrogen-bond donors (Lipinski definition) is 0. The van der Waals surface area contributed by atoms with Crippen molar-refractivity contribution in [2.24, 2.45) is 0 Å². The second-order valence-electron chi connectivity index (χ2n) is 6.38. The van der Waals surface area contributed by atoms with Crippen molar-refractivity contribution in [3.63, 3.8) is 0 Å². The van der Waals surface area contributed by atoms with Crippen LogP contribution in [0.3, 0.4) is 0 Å². The zero-order chi connectivity index (χ0) is 22.0. The fourth-order valence-electron chi connectivity index (χ4n) is 3.02. The Hall–Kier alpha value is -2.20. The van der Waals surface area contributed by atoms with E-state index in [2.05, 4.69) is 10.2 Å². The van der Waals surface area contributed by atoms with E-state index in [1.807, 2.05) is 18.2 Å². The molecule has 1 unspecified atom stereocenters. The molecule has 3 aromatic rings. The number of methoxy groups -OCH3 is 2. The van der Waals surface area contributed by atoms with Crippen LogP contribution in [0.4, 0.5) is 5.13 Å². The highest BCUT2D eigenvalue weighted by molar-refractivity contribution is 8.00. The summed E-state index contributed by atoms with van der Waals surface area (Å²) in [5.74, 6) is 2.05. The summed E-state index contributed by atoms with van der Waals surface area (Å²) in [5, 5.41) is 10.2. The number of aromatic nitrogens is 2. The highest BCUT2D eigenvalue weighted by Gasteiger charge is 2.36. The number of carbonyl (C=O) groups excluding carboxylic acids is 1. The third-order valence-corrected chi connectivity index (χ3v) is 7.11. The van der Waals surface area contributed by atoms with Crippen LogP contribution in [0.1, 0.15) is 15.9 Å². The molecule has 1 aliphatic heterocycles. The molecule has 7 nitrogen and oxygen atoms in total. The van der Waals surface area contributed by atoms with Gasteiger partial charge in [-0.25, -0.2) is 0 Å². The molecule has 1 atom stereocenters. The molecule has 1 aromatic heterocycles. The number of anilines is 1. The number of benzene rings is 2. The molecule has 1 aliphatic rings. The lowest BCUT2D eigenvalue weighted by molar-refractivity contribution is -0.115. The van der Waals surface area contributed by atoms with Crippen molar-refractivity contribution < 1.29 is 19.0 Å². The lowest BCUT2D eigenvalue weighted by atomic mass is 10.2. The van der Waals surface area contributed by atoms with Crippen LogP contribution < -0.4 is 19.1 Å². The molecule has 0 spiro atoms. The lowest BCUT2D eigenvalue weighted by Crippen LogP contribution is -2.27. The van der Waals surface area contributed by atoms with Crippen LogP contribution in [-0.2, 0) is 11.4 Å². The minimum atomic E-state index is -0.236. The number of nitrogens with zero attached hydrogens (tertiary/aromatic N) is 3. The van der Waals surface area contributed by atoms with Crippen molar-refractivity contribution in [2.45, 2.75) is 12.0 Å². The molecule has 1 fully saturated rings. The number of ether oxygens (including phenoxy) is 3. The van der Waals surface area contributed by atoms with Crippen molar-refractivity contribution in [3.05, 3.63) is 57.0 Å². The van der Waals surface area contributed by atoms with Gasteiger partial charge in [-0.1, -0.05) is 40.6 Å². The van der Waals surface area contributed by atoms with Crippen LogP contribution in [0, 0.1) is 0 Å². The first-order valence-electron chi connectivity index (χ1n) is 9.06. The van der Waals surface area contributed by atoms with Gasteiger partial charge in [0.25, 0.3) is 0 Å². The van der Waals surface area contributed by atoms with Crippen LogP contribution in [0.25, 0.3) is 0 Å². The van der Waals surface area contributed by atoms with Gasteiger partial charge in [-0.3, -0.25) is 9.69 Å². The summed E-state index contributed by atoms with van der Waals surface area (Å²) in [6, 6.07) is 10.6. The summed E-state index contributed by atoms with van der Waals surface area (Å²) in [6.45, 7) is 0.176. The molecule has 31 heavy (non-hydrogen) atoms. The Morgan fingerprint density at radius 2 is 1.84 bits per heavy atom. The van der Waals surface area contributed by atoms with Gasteiger partial charge in [-0.15, -0.1) is 22.0 Å². The van der Waals surface area contributed by atoms with Gasteiger partial charge in [0.05, 0.1) is 25.0 Å². The van der Waals surface area contributed by atoms with Gasteiger partial charge in [-0.2, -0.15) is 0 Å². The zero-order valence-corrected chi connectivity index (χ0v) is 19.6. The van der Waals surface area contributed by atoms with Crippen molar-refractivity contribution >= 4 is 57.3 Å². The fraction of sp³-hybridized carbons (Fsp3) is 0.250. The van der Waals surface area contributed by atoms with Crippen molar-refractivity contribution in [3.8, 4) is 17.2 Å². The molecule has 2 heterocycles. The minimum absolute atomic E-state index is 0.0332. The van der Waals surface area contributed by atoms with Gasteiger partial charge < -0.3 is 14.2 Å². The Kier molecular flexibility index (Phi) is 6.76. The Labute approximate surface area is 197 Å². The van der Waals surface area contributed by atoms with Crippen molar-refractivity contribution in [1.29, 1.82) is 0 Å². The SMILES string of the molecule is COc1ccc(C2SCC(=O)N2c2nnc(COc3ccc(Cl)cc3Cl)s2)cc1OC. The van der Waals surface area contributed by atoms with Crippen LogP contribution >= 0.6 is 46.3 Å². The molecule has 0 N–H and O–H groups in total. The Morgan fingerprint density at radius 1 is 1.06 bits per heavy atom. The maximum atomic E-state index is 12.6. The standard InChI is InChI=1S/C20H17Cl2N3O4S2/c1-27-15-5-3-11(7-16(15)28-2)19-25(18(26)10-30-19)20-24-23-17(31-20)9-29-14-6-4-12(21)8-13(14)22/h3-8,19H,9-10H2,1-2H3. The van der Waals surface area contributed by atoms with E-state index in [9.17, 15) is 4.79 Å². The zero-order valence-electron chi connectivity index (χ0n) is 16.5. The van der Waals surface area contributed by atoms with E-state index in [1.165, 1.54) is 23.1 Å². The van der Waals surface area contributed by atoms with E-state index >= 15 is 0 Å². The molecule has 0 radical (unpaired) electrons. The van der Waals surface area contributed by atoms with Crippen LogP contribution in [0.5, 0.6) is 17.2 Å². The monoisotopic (exact) mass is 497 g/mol. The number of halogens is 2. The summed E-state index contributed by atoms with van der Waals surface area (Å²) in [6.07, 6.45) is 0. The maximum Gasteiger partial charge on any atom is 0.240 e. The Bertz CT molecular complexity index is 1110. The summed E-state index contributed by atoms with van der Waals surface area (Å²) in [5.41, 5.74) is 0.912. The molecule has 2 aromatic carbocycles. The van der Waals surface area contributed by atoms with Crippen molar-refractivity contribution in [2.75, 3.05) is 24.9 Å². The molecule has 4 rings (SSSR count). The van der Waals surface area contributed by atoms with Gasteiger partial charge in [0.2, 0.25) is 11.0 Å². The smallest absolute Gasteiger partial charge is 0.240 e. The normalized spacial score (nSPS) is 15.9. The van der Waals surface area contributed by atoms with Crippen molar-refractivity contribution in [1.82, 2.24) is 10.2 Å². The van der Waals surface area contributed by atoms with Gasteiger partial charge >= 0.3 is 0 Å². The molecule has 0 bridgehead atoms. The molecule has 0 aliphatic carbocycles. The predicted octanol–water partition coefficient (Wildman–Crippen LogP) is 5.22. The molecule has 162 valence electrons. The first-order valence-corrected chi connectivity index (χ1v) is 11.7. The Morgan fingerprint density at radius 3 is 2.58 bits per heavy atom. The van der Waals surface area contributed by atoms with Crippen LogP contribution in [0.2, 0.25) is 10.0 Å². The quantitative estimate of drug-likeness (QED) is 0.442. The van der Waals surface area contributed by atoms with E-state index in [0.29, 0.717) is 43.2 Å². The number of amides is 1.